The molecule has 0 aliphatic rings. The van der Waals surface area contributed by atoms with Gasteiger partial charge in [0.1, 0.15) is 6.04 Å². The van der Waals surface area contributed by atoms with E-state index < -0.39 is 18.1 Å². The van der Waals surface area contributed by atoms with Crippen LogP contribution in [-0.4, -0.2) is 71.7 Å². The van der Waals surface area contributed by atoms with Gasteiger partial charge in [0, 0.05) is 44.0 Å². The van der Waals surface area contributed by atoms with Gasteiger partial charge in [0.05, 0.1) is 6.04 Å². The number of nitrogens with two attached hydrogens (primary N) is 1. The van der Waals surface area contributed by atoms with E-state index in [1.54, 1.807) is 0 Å². The summed E-state index contributed by atoms with van der Waals surface area (Å²) in [6, 6.07) is -1.46. The highest BCUT2D eigenvalue weighted by atomic mass is 32.1. The molecule has 8 nitrogen and oxygen atoms in total. The van der Waals surface area contributed by atoms with Crippen LogP contribution < -0.4 is 21.7 Å². The average molecular weight is 407 g/mol. The third-order valence-corrected chi connectivity index (χ3v) is 5.19. The predicted molar refractivity (Wildman–Crippen MR) is 111 cm³/mol. The molecule has 0 saturated carbocycles. The third kappa shape index (κ3) is 10.9. The number of carboxylic acid groups (broad SMARTS) is 1. The van der Waals surface area contributed by atoms with Crippen molar-refractivity contribution >= 4 is 24.5 Å². The smallest absolute Gasteiger partial charge is 0.326 e. The maximum atomic E-state index is 12.5. The first kappa shape index (κ1) is 26.1. The number of aliphatic hydroxyl groups is 1. The topological polar surface area (TPSA) is 137 Å². The molecule has 9 heteroatoms. The third-order valence-electron chi connectivity index (χ3n) is 4.72. The van der Waals surface area contributed by atoms with Gasteiger partial charge in [-0.2, -0.15) is 12.6 Å². The van der Waals surface area contributed by atoms with Gasteiger partial charge in [0.2, 0.25) is 5.91 Å². The largest absolute Gasteiger partial charge is 0.480 e. The number of aliphatic carboxylic acids is 1. The van der Waals surface area contributed by atoms with Gasteiger partial charge in [-0.1, -0.05) is 33.6 Å². The van der Waals surface area contributed by atoms with Crippen LogP contribution in [0.4, 0.5) is 0 Å². The van der Waals surface area contributed by atoms with Gasteiger partial charge in [0.25, 0.3) is 0 Å². The second-order valence-corrected chi connectivity index (χ2v) is 7.37. The number of hydrogen-bond acceptors (Lipinski definition) is 7. The second kappa shape index (κ2) is 15.1. The highest BCUT2D eigenvalue weighted by molar-refractivity contribution is 7.80. The fraction of sp³-hybridized carbons (Fsp3) is 0.889. The monoisotopic (exact) mass is 406 g/mol. The van der Waals surface area contributed by atoms with E-state index in [-0.39, 0.29) is 31.0 Å². The van der Waals surface area contributed by atoms with E-state index >= 15 is 0 Å². The summed E-state index contributed by atoms with van der Waals surface area (Å²) >= 11 is 4.20. The zero-order chi connectivity index (χ0) is 20.8. The summed E-state index contributed by atoms with van der Waals surface area (Å²) in [5.41, 5.74) is 5.93. The van der Waals surface area contributed by atoms with Gasteiger partial charge in [-0.3, -0.25) is 4.79 Å². The molecule has 5 atom stereocenters. The molecule has 0 radical (unpaired) electrons. The van der Waals surface area contributed by atoms with Crippen LogP contribution in [0.25, 0.3) is 0 Å². The number of aliphatic hydroxyl groups excluding tert-OH is 1. The van der Waals surface area contributed by atoms with Crippen molar-refractivity contribution in [3.8, 4) is 0 Å². The molecule has 0 heterocycles. The normalized spacial score (nSPS) is 17.0. The molecule has 27 heavy (non-hydrogen) atoms. The zero-order valence-corrected chi connectivity index (χ0v) is 17.7. The number of nitrogens with one attached hydrogen (secondary N) is 3. The highest BCUT2D eigenvalue weighted by Gasteiger charge is 2.25. The first-order valence-electron chi connectivity index (χ1n) is 9.77. The molecule has 0 fully saturated rings. The van der Waals surface area contributed by atoms with Gasteiger partial charge in [-0.05, 0) is 12.3 Å². The van der Waals surface area contributed by atoms with Gasteiger partial charge < -0.3 is 31.9 Å². The first-order chi connectivity index (χ1) is 12.8. The molecule has 0 bridgehead atoms. The lowest BCUT2D eigenvalue weighted by Crippen LogP contribution is -2.54. The lowest BCUT2D eigenvalue weighted by molar-refractivity contribution is -0.142. The van der Waals surface area contributed by atoms with Gasteiger partial charge >= 0.3 is 5.97 Å². The van der Waals surface area contributed by atoms with Crippen LogP contribution >= 0.6 is 12.6 Å². The summed E-state index contributed by atoms with van der Waals surface area (Å²) in [5.74, 6) is -0.521. The molecule has 0 aromatic rings. The number of carbonyl (C=O) groups is 2. The lowest BCUT2D eigenvalue weighted by atomic mass is 9.98. The van der Waals surface area contributed by atoms with E-state index in [9.17, 15) is 9.59 Å². The molecule has 0 spiro atoms. The Labute approximate surface area is 168 Å². The van der Waals surface area contributed by atoms with Crippen LogP contribution in [-0.2, 0) is 9.59 Å². The van der Waals surface area contributed by atoms with Crippen molar-refractivity contribution in [2.75, 3.05) is 25.4 Å². The number of rotatable bonds is 16. The quantitative estimate of drug-likeness (QED) is 0.179. The minimum atomic E-state index is -1.15. The molecule has 0 aliphatic heterocycles. The number of carboxylic acids is 1. The van der Waals surface area contributed by atoms with Crippen LogP contribution in [0.15, 0.2) is 0 Å². The molecule has 7 N–H and O–H groups in total. The van der Waals surface area contributed by atoms with Gasteiger partial charge in [0.15, 0.2) is 0 Å². The molecule has 0 aliphatic carbocycles. The van der Waals surface area contributed by atoms with Crippen molar-refractivity contribution in [2.45, 2.75) is 70.6 Å². The molecule has 160 valence electrons. The lowest BCUT2D eigenvalue weighted by Gasteiger charge is -2.28. The van der Waals surface area contributed by atoms with E-state index in [0.29, 0.717) is 31.2 Å². The van der Waals surface area contributed by atoms with Crippen molar-refractivity contribution in [2.24, 2.45) is 11.7 Å². The van der Waals surface area contributed by atoms with Crippen LogP contribution in [0.1, 0.15) is 46.5 Å². The molecule has 0 unspecified atom stereocenters. The Bertz CT molecular complexity index is 428. The second-order valence-electron chi connectivity index (χ2n) is 7.00. The summed E-state index contributed by atoms with van der Waals surface area (Å²) in [5, 5.41) is 27.4. The van der Waals surface area contributed by atoms with Crippen LogP contribution in [0.2, 0.25) is 0 Å². The maximum absolute atomic E-state index is 12.5. The summed E-state index contributed by atoms with van der Waals surface area (Å²) < 4.78 is 0. The summed E-state index contributed by atoms with van der Waals surface area (Å²) in [7, 11) is 0. The van der Waals surface area contributed by atoms with Crippen LogP contribution in [0, 0.1) is 5.92 Å². The Morgan fingerprint density at radius 1 is 1.11 bits per heavy atom. The van der Waals surface area contributed by atoms with E-state index in [0.717, 1.165) is 12.8 Å². The van der Waals surface area contributed by atoms with Crippen molar-refractivity contribution in [1.29, 1.82) is 0 Å². The standard InChI is InChI=1S/C18H38N4O4S/c1-4-6-14(17(24)22-15(7-8-23)18(25)26)21-10-16(12(3)5-2)20-9-13(19)11-27/h12-16,20-21,23,27H,4-11,19H2,1-3H3,(H,22,24)(H,25,26)/t12-,13+,14-,15-,16+/m0/s1. The summed E-state index contributed by atoms with van der Waals surface area (Å²) in [4.78, 5) is 23.7. The Hall–Kier alpha value is -0.870. The SMILES string of the molecule is CCC[C@H](NC[C@@H](NC[C@@H](N)CS)[C@@H](C)CC)C(=O)N[C@@H](CCO)C(=O)O. The molecular weight excluding hydrogens is 368 g/mol. The molecule has 0 saturated heterocycles. The molecule has 0 rings (SSSR count). The van der Waals surface area contributed by atoms with Gasteiger partial charge in [-0.15, -0.1) is 0 Å². The minimum absolute atomic E-state index is 0.0153. The Morgan fingerprint density at radius 2 is 1.78 bits per heavy atom. The number of thiol groups is 1. The van der Waals surface area contributed by atoms with Crippen molar-refractivity contribution in [1.82, 2.24) is 16.0 Å². The number of hydrogen-bond donors (Lipinski definition) is 7. The number of carbonyl (C=O) groups excluding carboxylic acids is 1. The van der Waals surface area contributed by atoms with Crippen molar-refractivity contribution in [3.63, 3.8) is 0 Å². The summed E-state index contributed by atoms with van der Waals surface area (Å²) in [6.45, 7) is 7.14. The van der Waals surface area contributed by atoms with E-state index in [1.165, 1.54) is 0 Å². The fourth-order valence-corrected chi connectivity index (χ4v) is 2.80. The molecular formula is C18H38N4O4S. The molecule has 0 aromatic heterocycles. The minimum Gasteiger partial charge on any atom is -0.480 e. The Balaban J connectivity index is 4.86. The van der Waals surface area contributed by atoms with Crippen molar-refractivity contribution < 1.29 is 19.8 Å². The number of amides is 1. The molecule has 1 amide bonds. The highest BCUT2D eigenvalue weighted by Crippen LogP contribution is 2.08. The fourth-order valence-electron chi connectivity index (χ4n) is 2.67. The van der Waals surface area contributed by atoms with Crippen LogP contribution in [0.3, 0.4) is 0 Å². The molecule has 0 aromatic carbocycles. The zero-order valence-electron chi connectivity index (χ0n) is 16.8. The average Bonchev–Trinajstić information content (AvgIpc) is 2.65. The maximum Gasteiger partial charge on any atom is 0.326 e. The van der Waals surface area contributed by atoms with E-state index in [2.05, 4.69) is 42.4 Å². The van der Waals surface area contributed by atoms with Gasteiger partial charge in [-0.25, -0.2) is 4.79 Å². The Morgan fingerprint density at radius 3 is 2.26 bits per heavy atom. The van der Waals surface area contributed by atoms with E-state index in [1.807, 2.05) is 6.92 Å². The van der Waals surface area contributed by atoms with Crippen LogP contribution in [0.5, 0.6) is 0 Å². The Kier molecular flexibility index (Phi) is 14.6. The first-order valence-corrected chi connectivity index (χ1v) is 10.4. The summed E-state index contributed by atoms with van der Waals surface area (Å²) in [6.07, 6.45) is 2.35. The predicted octanol–water partition coefficient (Wildman–Crippen LogP) is -0.0421. The van der Waals surface area contributed by atoms with E-state index in [4.69, 9.17) is 15.9 Å². The van der Waals surface area contributed by atoms with Crippen molar-refractivity contribution in [3.05, 3.63) is 0 Å².